The molecule has 0 fully saturated rings. The molecule has 4 nitrogen and oxygen atoms in total. The predicted octanol–water partition coefficient (Wildman–Crippen LogP) is 2.76. The largest absolute Gasteiger partial charge is 0.463 e. The average molecular weight is 286 g/mol. The highest BCUT2D eigenvalue weighted by atomic mass is 16.5. The van der Waals surface area contributed by atoms with Gasteiger partial charge in [-0.2, -0.15) is 0 Å². The van der Waals surface area contributed by atoms with E-state index in [1.54, 1.807) is 0 Å². The number of nitrogens with one attached hydrogen (secondary N) is 1. The van der Waals surface area contributed by atoms with E-state index in [2.05, 4.69) is 35.1 Å². The number of hydrogen-bond donors (Lipinski definition) is 1. The molecule has 1 aromatic heterocycles. The molecule has 3 rings (SSSR count). The lowest BCUT2D eigenvalue weighted by atomic mass is 10.0. The number of fused-ring (bicyclic) bond motifs is 2. The van der Waals surface area contributed by atoms with Crippen molar-refractivity contribution in [2.75, 3.05) is 0 Å². The molecule has 0 radical (unpaired) electrons. The minimum Gasteiger partial charge on any atom is -0.463 e. The van der Waals surface area contributed by atoms with Gasteiger partial charge in [-0.05, 0) is 49.6 Å². The second kappa shape index (κ2) is 5.53. The molecule has 0 amide bonds. The molecule has 112 valence electrons. The first-order chi connectivity index (χ1) is 10.1. The quantitative estimate of drug-likeness (QED) is 0.879. The zero-order valence-electron chi connectivity index (χ0n) is 12.9. The van der Waals surface area contributed by atoms with Crippen molar-refractivity contribution >= 4 is 16.9 Å². The molecular formula is C17H22N2O2. The summed E-state index contributed by atoms with van der Waals surface area (Å²) < 4.78 is 7.49. The van der Waals surface area contributed by atoms with Gasteiger partial charge in [-0.25, -0.2) is 0 Å². The third-order valence-electron chi connectivity index (χ3n) is 3.96. The van der Waals surface area contributed by atoms with E-state index in [1.807, 2.05) is 13.8 Å². The van der Waals surface area contributed by atoms with E-state index < -0.39 is 0 Å². The Bertz CT molecular complexity index is 686. The van der Waals surface area contributed by atoms with Crippen molar-refractivity contribution in [1.82, 2.24) is 9.88 Å². The minimum absolute atomic E-state index is 0.0644. The SMILES string of the molecule is CCn1cc(CC(=O)OC(C)C)c2cc3c(cc21)CNC3. The van der Waals surface area contributed by atoms with E-state index in [0.29, 0.717) is 6.42 Å². The molecule has 1 aromatic carbocycles. The molecule has 0 unspecified atom stereocenters. The summed E-state index contributed by atoms with van der Waals surface area (Å²) in [7, 11) is 0. The monoisotopic (exact) mass is 286 g/mol. The van der Waals surface area contributed by atoms with Gasteiger partial charge in [0.15, 0.2) is 0 Å². The van der Waals surface area contributed by atoms with E-state index in [4.69, 9.17) is 4.74 Å². The summed E-state index contributed by atoms with van der Waals surface area (Å²) >= 11 is 0. The van der Waals surface area contributed by atoms with Gasteiger partial charge in [0.05, 0.1) is 12.5 Å². The molecule has 0 saturated carbocycles. The van der Waals surface area contributed by atoms with Crippen LogP contribution < -0.4 is 5.32 Å². The fourth-order valence-corrected chi connectivity index (χ4v) is 3.02. The van der Waals surface area contributed by atoms with Crippen molar-refractivity contribution in [3.63, 3.8) is 0 Å². The first-order valence-corrected chi connectivity index (χ1v) is 7.62. The van der Waals surface area contributed by atoms with E-state index in [9.17, 15) is 4.79 Å². The Kier molecular flexibility index (Phi) is 3.72. The smallest absolute Gasteiger partial charge is 0.310 e. The second-order valence-electron chi connectivity index (χ2n) is 5.90. The maximum atomic E-state index is 12.0. The number of hydrogen-bond acceptors (Lipinski definition) is 3. The number of ether oxygens (including phenoxy) is 1. The van der Waals surface area contributed by atoms with Gasteiger partial charge in [0.25, 0.3) is 0 Å². The van der Waals surface area contributed by atoms with Crippen LogP contribution in [0.5, 0.6) is 0 Å². The summed E-state index contributed by atoms with van der Waals surface area (Å²) in [5.74, 6) is -0.154. The molecule has 1 aliphatic rings. The number of rotatable bonds is 4. The van der Waals surface area contributed by atoms with Crippen molar-refractivity contribution in [3.8, 4) is 0 Å². The van der Waals surface area contributed by atoms with Crippen molar-refractivity contribution in [2.45, 2.75) is 52.9 Å². The first kappa shape index (κ1) is 14.1. The van der Waals surface area contributed by atoms with E-state index in [-0.39, 0.29) is 12.1 Å². The van der Waals surface area contributed by atoms with Gasteiger partial charge in [-0.15, -0.1) is 0 Å². The molecule has 0 saturated heterocycles. The Morgan fingerprint density at radius 3 is 2.71 bits per heavy atom. The van der Waals surface area contributed by atoms with Gasteiger partial charge in [0.1, 0.15) is 0 Å². The van der Waals surface area contributed by atoms with Gasteiger partial charge in [0, 0.05) is 36.7 Å². The van der Waals surface area contributed by atoms with Gasteiger partial charge in [-0.3, -0.25) is 4.79 Å². The third-order valence-corrected chi connectivity index (χ3v) is 3.96. The fraction of sp³-hybridized carbons (Fsp3) is 0.471. The van der Waals surface area contributed by atoms with Crippen LogP contribution in [0.2, 0.25) is 0 Å². The molecular weight excluding hydrogens is 264 g/mol. The molecule has 0 spiro atoms. The normalized spacial score (nSPS) is 13.9. The maximum Gasteiger partial charge on any atom is 0.310 e. The van der Waals surface area contributed by atoms with Gasteiger partial charge in [-0.1, -0.05) is 0 Å². The highest BCUT2D eigenvalue weighted by Gasteiger charge is 2.17. The lowest BCUT2D eigenvalue weighted by Crippen LogP contribution is -2.13. The Morgan fingerprint density at radius 1 is 1.33 bits per heavy atom. The molecule has 1 aliphatic heterocycles. The van der Waals surface area contributed by atoms with Crippen LogP contribution in [0.4, 0.5) is 0 Å². The molecule has 0 bridgehead atoms. The van der Waals surface area contributed by atoms with E-state index in [0.717, 1.165) is 25.2 Å². The zero-order chi connectivity index (χ0) is 15.0. The van der Waals surface area contributed by atoms with Crippen molar-refractivity contribution in [2.24, 2.45) is 0 Å². The molecule has 4 heteroatoms. The van der Waals surface area contributed by atoms with Crippen LogP contribution in [-0.2, 0) is 35.6 Å². The molecule has 2 heterocycles. The van der Waals surface area contributed by atoms with Crippen molar-refractivity contribution in [1.29, 1.82) is 0 Å². The number of nitrogens with zero attached hydrogens (tertiary/aromatic N) is 1. The molecule has 1 N–H and O–H groups in total. The summed E-state index contributed by atoms with van der Waals surface area (Å²) in [5, 5.41) is 4.56. The Morgan fingerprint density at radius 2 is 2.05 bits per heavy atom. The Labute approximate surface area is 125 Å². The number of benzene rings is 1. The number of aryl methyl sites for hydroxylation is 1. The lowest BCUT2D eigenvalue weighted by Gasteiger charge is -2.07. The molecule has 0 atom stereocenters. The third kappa shape index (κ3) is 2.68. The number of aromatic nitrogens is 1. The fourth-order valence-electron chi connectivity index (χ4n) is 3.02. The summed E-state index contributed by atoms with van der Waals surface area (Å²) in [6.45, 7) is 8.64. The van der Waals surface area contributed by atoms with E-state index >= 15 is 0 Å². The number of esters is 1. The first-order valence-electron chi connectivity index (χ1n) is 7.62. The van der Waals surface area contributed by atoms with Crippen LogP contribution in [0, 0.1) is 0 Å². The maximum absolute atomic E-state index is 12.0. The van der Waals surface area contributed by atoms with Crippen molar-refractivity contribution < 1.29 is 9.53 Å². The van der Waals surface area contributed by atoms with Crippen LogP contribution in [0.25, 0.3) is 10.9 Å². The predicted molar refractivity (Wildman–Crippen MR) is 83.1 cm³/mol. The van der Waals surface area contributed by atoms with Gasteiger partial charge in [0.2, 0.25) is 0 Å². The standard InChI is InChI=1S/C17H22N2O2/c1-4-19-10-14(7-17(20)21-11(2)3)15-5-12-8-18-9-13(12)6-16(15)19/h5-6,10-11,18H,4,7-9H2,1-3H3. The van der Waals surface area contributed by atoms with Gasteiger partial charge < -0.3 is 14.6 Å². The Hall–Kier alpha value is -1.81. The van der Waals surface area contributed by atoms with Crippen LogP contribution in [0.3, 0.4) is 0 Å². The van der Waals surface area contributed by atoms with Crippen LogP contribution in [0.15, 0.2) is 18.3 Å². The minimum atomic E-state index is -0.154. The molecule has 0 aliphatic carbocycles. The Balaban J connectivity index is 2.00. The molecule has 2 aromatic rings. The van der Waals surface area contributed by atoms with E-state index in [1.165, 1.54) is 22.0 Å². The topological polar surface area (TPSA) is 43.3 Å². The summed E-state index contributed by atoms with van der Waals surface area (Å²) in [6, 6.07) is 4.49. The lowest BCUT2D eigenvalue weighted by molar-refractivity contribution is -0.146. The average Bonchev–Trinajstić information content (AvgIpc) is 3.00. The number of carbonyl (C=O) groups excluding carboxylic acids is 1. The number of carbonyl (C=O) groups is 1. The van der Waals surface area contributed by atoms with Crippen LogP contribution >= 0.6 is 0 Å². The van der Waals surface area contributed by atoms with Crippen LogP contribution in [0.1, 0.15) is 37.5 Å². The highest BCUT2D eigenvalue weighted by Crippen LogP contribution is 2.28. The van der Waals surface area contributed by atoms with Crippen LogP contribution in [-0.4, -0.2) is 16.6 Å². The summed E-state index contributed by atoms with van der Waals surface area (Å²) in [4.78, 5) is 12.0. The summed E-state index contributed by atoms with van der Waals surface area (Å²) in [5.41, 5.74) is 4.99. The second-order valence-corrected chi connectivity index (χ2v) is 5.90. The van der Waals surface area contributed by atoms with Crippen molar-refractivity contribution in [3.05, 3.63) is 35.0 Å². The van der Waals surface area contributed by atoms with Gasteiger partial charge >= 0.3 is 5.97 Å². The molecule has 21 heavy (non-hydrogen) atoms. The highest BCUT2D eigenvalue weighted by molar-refractivity contribution is 5.89. The summed E-state index contributed by atoms with van der Waals surface area (Å²) in [6.07, 6.45) is 2.37. The zero-order valence-corrected chi connectivity index (χ0v) is 12.9.